The molecule has 1 rings (SSSR count). The summed E-state index contributed by atoms with van der Waals surface area (Å²) in [5.41, 5.74) is -0.318. The molecule has 0 aromatic carbocycles. The summed E-state index contributed by atoms with van der Waals surface area (Å²) in [7, 11) is -2.96. The van der Waals surface area contributed by atoms with Crippen LogP contribution in [-0.4, -0.2) is 37.7 Å². The van der Waals surface area contributed by atoms with Gasteiger partial charge in [0, 0.05) is 11.8 Å². The molecule has 0 aromatic rings. The summed E-state index contributed by atoms with van der Waals surface area (Å²) < 4.78 is 28.0. The molecule has 0 unspecified atom stereocenters. The minimum Gasteiger partial charge on any atom is -0.446 e. The Labute approximate surface area is 109 Å². The molecule has 1 N–H and O–H groups in total. The standard InChI is InChI=1S/C12H23NO4S/c1-12(2,3)13-11(14)17-9-5-7-10(8-6-9)18(4,15)16/h9-10H,5-8H2,1-4H3,(H,13,14). The van der Waals surface area contributed by atoms with Gasteiger partial charge in [-0.3, -0.25) is 0 Å². The number of sulfone groups is 1. The van der Waals surface area contributed by atoms with E-state index in [0.29, 0.717) is 25.7 Å². The van der Waals surface area contributed by atoms with Gasteiger partial charge in [-0.2, -0.15) is 0 Å². The maximum absolute atomic E-state index is 11.6. The van der Waals surface area contributed by atoms with Crippen LogP contribution < -0.4 is 5.32 Å². The predicted molar refractivity (Wildman–Crippen MR) is 70.3 cm³/mol. The Morgan fingerprint density at radius 3 is 2.06 bits per heavy atom. The highest BCUT2D eigenvalue weighted by molar-refractivity contribution is 7.91. The predicted octanol–water partition coefficient (Wildman–Crippen LogP) is 1.87. The van der Waals surface area contributed by atoms with E-state index < -0.39 is 15.9 Å². The van der Waals surface area contributed by atoms with Crippen molar-refractivity contribution in [2.75, 3.05) is 6.26 Å². The van der Waals surface area contributed by atoms with Crippen molar-refractivity contribution < 1.29 is 17.9 Å². The second kappa shape index (κ2) is 5.47. The third-order valence-electron chi connectivity index (χ3n) is 2.98. The number of carbonyl (C=O) groups excluding carboxylic acids is 1. The van der Waals surface area contributed by atoms with Gasteiger partial charge >= 0.3 is 6.09 Å². The molecule has 1 aliphatic rings. The zero-order chi connectivity index (χ0) is 14.0. The molecule has 0 saturated heterocycles. The lowest BCUT2D eigenvalue weighted by atomic mass is 9.97. The average Bonchev–Trinajstić information content (AvgIpc) is 2.13. The van der Waals surface area contributed by atoms with Crippen LogP contribution in [0, 0.1) is 0 Å². The van der Waals surface area contributed by atoms with Crippen molar-refractivity contribution in [3.63, 3.8) is 0 Å². The largest absolute Gasteiger partial charge is 0.446 e. The van der Waals surface area contributed by atoms with E-state index in [4.69, 9.17) is 4.74 Å². The summed E-state index contributed by atoms with van der Waals surface area (Å²) in [5, 5.41) is 2.45. The average molecular weight is 277 g/mol. The highest BCUT2D eigenvalue weighted by atomic mass is 32.2. The Kier molecular flexibility index (Phi) is 4.64. The van der Waals surface area contributed by atoms with Crippen LogP contribution in [0.25, 0.3) is 0 Å². The highest BCUT2D eigenvalue weighted by Crippen LogP contribution is 2.25. The van der Waals surface area contributed by atoms with Crippen LogP contribution in [0.3, 0.4) is 0 Å². The first kappa shape index (κ1) is 15.3. The number of amides is 1. The fraction of sp³-hybridized carbons (Fsp3) is 0.917. The van der Waals surface area contributed by atoms with E-state index in [-0.39, 0.29) is 16.9 Å². The van der Waals surface area contributed by atoms with Crippen molar-refractivity contribution in [3.05, 3.63) is 0 Å². The minimum atomic E-state index is -2.96. The minimum absolute atomic E-state index is 0.162. The molecule has 0 bridgehead atoms. The maximum atomic E-state index is 11.6. The molecular weight excluding hydrogens is 254 g/mol. The molecule has 1 fully saturated rings. The van der Waals surface area contributed by atoms with E-state index in [1.54, 1.807) is 0 Å². The van der Waals surface area contributed by atoms with E-state index in [1.165, 1.54) is 6.26 Å². The van der Waals surface area contributed by atoms with E-state index in [9.17, 15) is 13.2 Å². The van der Waals surface area contributed by atoms with Gasteiger partial charge in [-0.1, -0.05) is 0 Å². The van der Waals surface area contributed by atoms with Crippen LogP contribution in [0.15, 0.2) is 0 Å². The smallest absolute Gasteiger partial charge is 0.407 e. The van der Waals surface area contributed by atoms with Crippen LogP contribution in [-0.2, 0) is 14.6 Å². The second-order valence-corrected chi connectivity index (χ2v) is 8.33. The number of rotatable bonds is 2. The van der Waals surface area contributed by atoms with Gasteiger partial charge in [0.15, 0.2) is 0 Å². The number of nitrogens with one attached hydrogen (secondary N) is 1. The Balaban J connectivity index is 2.38. The summed E-state index contributed by atoms with van der Waals surface area (Å²) in [4.78, 5) is 11.6. The lowest BCUT2D eigenvalue weighted by Crippen LogP contribution is -2.43. The summed E-state index contributed by atoms with van der Waals surface area (Å²) >= 11 is 0. The third kappa shape index (κ3) is 5.25. The molecule has 106 valence electrons. The van der Waals surface area contributed by atoms with Crippen molar-refractivity contribution >= 4 is 15.9 Å². The lowest BCUT2D eigenvalue weighted by molar-refractivity contribution is 0.0708. The topological polar surface area (TPSA) is 72.5 Å². The van der Waals surface area contributed by atoms with E-state index in [2.05, 4.69) is 5.32 Å². The number of alkyl carbamates (subject to hydrolysis) is 1. The van der Waals surface area contributed by atoms with Crippen LogP contribution in [0.1, 0.15) is 46.5 Å². The van der Waals surface area contributed by atoms with Crippen molar-refractivity contribution in [2.24, 2.45) is 0 Å². The molecular formula is C12H23NO4S. The third-order valence-corrected chi connectivity index (χ3v) is 4.66. The molecule has 1 aliphatic carbocycles. The molecule has 6 heteroatoms. The quantitative estimate of drug-likeness (QED) is 0.836. The van der Waals surface area contributed by atoms with Gasteiger partial charge in [0.1, 0.15) is 15.9 Å². The molecule has 1 amide bonds. The Morgan fingerprint density at radius 1 is 1.17 bits per heavy atom. The first-order valence-electron chi connectivity index (χ1n) is 6.25. The number of carbonyl (C=O) groups is 1. The number of ether oxygens (including phenoxy) is 1. The summed E-state index contributed by atoms with van der Waals surface area (Å²) in [6.45, 7) is 5.65. The zero-order valence-corrected chi connectivity index (χ0v) is 12.3. The first-order chi connectivity index (χ1) is 8.08. The highest BCUT2D eigenvalue weighted by Gasteiger charge is 2.30. The van der Waals surface area contributed by atoms with Crippen LogP contribution >= 0.6 is 0 Å². The van der Waals surface area contributed by atoms with Gasteiger partial charge in [0.05, 0.1) is 5.25 Å². The van der Waals surface area contributed by atoms with Crippen LogP contribution in [0.4, 0.5) is 4.79 Å². The Bertz CT molecular complexity index is 389. The zero-order valence-electron chi connectivity index (χ0n) is 11.5. The molecule has 0 heterocycles. The lowest BCUT2D eigenvalue weighted by Gasteiger charge is -2.28. The Morgan fingerprint density at radius 2 is 1.67 bits per heavy atom. The first-order valence-corrected chi connectivity index (χ1v) is 8.21. The summed E-state index contributed by atoms with van der Waals surface area (Å²) in [6.07, 6.45) is 3.07. The van der Waals surface area contributed by atoms with E-state index in [1.807, 2.05) is 20.8 Å². The van der Waals surface area contributed by atoms with Gasteiger partial charge in [0.25, 0.3) is 0 Å². The molecule has 0 spiro atoms. The van der Waals surface area contributed by atoms with Crippen molar-refractivity contribution in [1.82, 2.24) is 5.32 Å². The fourth-order valence-corrected chi connectivity index (χ4v) is 3.19. The SMILES string of the molecule is CC(C)(C)NC(=O)OC1CCC(S(C)(=O)=O)CC1. The normalized spacial score (nSPS) is 25.6. The monoisotopic (exact) mass is 277 g/mol. The molecule has 1 saturated carbocycles. The number of hydrogen-bond acceptors (Lipinski definition) is 4. The molecule has 5 nitrogen and oxygen atoms in total. The van der Waals surface area contributed by atoms with Gasteiger partial charge < -0.3 is 10.1 Å². The van der Waals surface area contributed by atoms with Crippen LogP contribution in [0.2, 0.25) is 0 Å². The molecule has 0 atom stereocenters. The van der Waals surface area contributed by atoms with Gasteiger partial charge in [-0.25, -0.2) is 13.2 Å². The van der Waals surface area contributed by atoms with Crippen molar-refractivity contribution in [3.8, 4) is 0 Å². The molecule has 0 aromatic heterocycles. The van der Waals surface area contributed by atoms with Gasteiger partial charge in [0.2, 0.25) is 0 Å². The molecule has 18 heavy (non-hydrogen) atoms. The van der Waals surface area contributed by atoms with Crippen LogP contribution in [0.5, 0.6) is 0 Å². The van der Waals surface area contributed by atoms with Crippen molar-refractivity contribution in [2.45, 2.75) is 63.3 Å². The van der Waals surface area contributed by atoms with Gasteiger partial charge in [-0.15, -0.1) is 0 Å². The summed E-state index contributed by atoms with van der Waals surface area (Å²) in [6, 6.07) is 0. The molecule has 0 radical (unpaired) electrons. The fourth-order valence-electron chi connectivity index (χ4n) is 2.07. The number of hydrogen-bond donors (Lipinski definition) is 1. The summed E-state index contributed by atoms with van der Waals surface area (Å²) in [5.74, 6) is 0. The maximum Gasteiger partial charge on any atom is 0.407 e. The van der Waals surface area contributed by atoms with E-state index >= 15 is 0 Å². The van der Waals surface area contributed by atoms with E-state index in [0.717, 1.165) is 0 Å². The molecule has 0 aliphatic heterocycles. The van der Waals surface area contributed by atoms with Crippen molar-refractivity contribution in [1.29, 1.82) is 0 Å². The second-order valence-electron chi connectivity index (χ2n) is 6.01. The Hall–Kier alpha value is -0.780. The van der Waals surface area contributed by atoms with Gasteiger partial charge in [-0.05, 0) is 46.5 Å².